The van der Waals surface area contributed by atoms with E-state index in [-0.39, 0.29) is 10.8 Å². The van der Waals surface area contributed by atoms with E-state index in [1.807, 2.05) is 0 Å². The van der Waals surface area contributed by atoms with E-state index in [1.165, 1.54) is 13.1 Å². The van der Waals surface area contributed by atoms with Crippen LogP contribution < -0.4 is 9.62 Å². The van der Waals surface area contributed by atoms with E-state index in [0.717, 1.165) is 9.87 Å². The van der Waals surface area contributed by atoms with E-state index in [9.17, 15) is 13.2 Å². The van der Waals surface area contributed by atoms with Crippen LogP contribution in [-0.4, -0.2) is 26.4 Å². The van der Waals surface area contributed by atoms with Crippen molar-refractivity contribution in [1.82, 2.24) is 4.98 Å². The number of benzene rings is 1. The summed E-state index contributed by atoms with van der Waals surface area (Å²) in [6.45, 7) is 0. The van der Waals surface area contributed by atoms with Crippen LogP contribution in [-0.2, 0) is 21.2 Å². The van der Waals surface area contributed by atoms with Crippen molar-refractivity contribution in [3.8, 4) is 0 Å². The summed E-state index contributed by atoms with van der Waals surface area (Å²) in [6.07, 6.45) is 3.38. The first-order valence-electron chi connectivity index (χ1n) is 7.31. The van der Waals surface area contributed by atoms with Crippen molar-refractivity contribution in [1.29, 1.82) is 0 Å². The highest BCUT2D eigenvalue weighted by Crippen LogP contribution is 2.27. The summed E-state index contributed by atoms with van der Waals surface area (Å²) < 4.78 is 26.7. The Morgan fingerprint density at radius 1 is 1.17 bits per heavy atom. The number of rotatable bonds is 3. The molecule has 7 heteroatoms. The standard InChI is InChI=1S/C16H17N3O3S/c1-19(15-6-2-3-10-17-15)23(21,22)13-8-9-14-12(11-13)5-4-7-16(20)18-14/h2-3,6,8-11H,4-5,7H2,1H3,(H,18,20). The zero-order chi connectivity index (χ0) is 16.4. The number of sulfonamides is 1. The van der Waals surface area contributed by atoms with Gasteiger partial charge in [-0.2, -0.15) is 0 Å². The summed E-state index contributed by atoms with van der Waals surface area (Å²) in [6, 6.07) is 9.91. The average Bonchev–Trinajstić information content (AvgIpc) is 2.74. The lowest BCUT2D eigenvalue weighted by Crippen LogP contribution is -2.27. The molecule has 1 aliphatic rings. The van der Waals surface area contributed by atoms with Crippen LogP contribution in [0.2, 0.25) is 0 Å². The van der Waals surface area contributed by atoms with E-state index in [0.29, 0.717) is 30.8 Å². The summed E-state index contributed by atoms with van der Waals surface area (Å²) in [4.78, 5) is 15.8. The van der Waals surface area contributed by atoms with Gasteiger partial charge < -0.3 is 5.32 Å². The summed E-state index contributed by atoms with van der Waals surface area (Å²) in [7, 11) is -2.22. The van der Waals surface area contributed by atoms with Crippen molar-refractivity contribution in [2.45, 2.75) is 24.2 Å². The number of nitrogens with zero attached hydrogens (tertiary/aromatic N) is 2. The molecule has 3 rings (SSSR count). The van der Waals surface area contributed by atoms with Crippen molar-refractivity contribution < 1.29 is 13.2 Å². The third-order valence-corrected chi connectivity index (χ3v) is 5.59. The second-order valence-electron chi connectivity index (χ2n) is 5.38. The Morgan fingerprint density at radius 3 is 2.74 bits per heavy atom. The monoisotopic (exact) mass is 331 g/mol. The number of carbonyl (C=O) groups is 1. The van der Waals surface area contributed by atoms with Gasteiger partial charge in [-0.05, 0) is 48.7 Å². The highest BCUT2D eigenvalue weighted by Gasteiger charge is 2.24. The molecule has 1 aromatic carbocycles. The molecule has 0 radical (unpaired) electrons. The maximum atomic E-state index is 12.8. The molecule has 1 N–H and O–H groups in total. The van der Waals surface area contributed by atoms with Gasteiger partial charge in [-0.3, -0.25) is 9.10 Å². The first-order chi connectivity index (χ1) is 11.0. The van der Waals surface area contributed by atoms with Crippen molar-refractivity contribution in [3.63, 3.8) is 0 Å². The van der Waals surface area contributed by atoms with Crippen LogP contribution in [0.3, 0.4) is 0 Å². The topological polar surface area (TPSA) is 79.4 Å². The minimum absolute atomic E-state index is 0.0371. The smallest absolute Gasteiger partial charge is 0.265 e. The predicted octanol–water partition coefficient (Wildman–Crippen LogP) is 2.18. The van der Waals surface area contributed by atoms with E-state index < -0.39 is 10.0 Å². The minimum atomic E-state index is -3.69. The number of aryl methyl sites for hydroxylation is 1. The molecular weight excluding hydrogens is 314 g/mol. The van der Waals surface area contributed by atoms with Crippen molar-refractivity contribution in [2.75, 3.05) is 16.7 Å². The molecule has 0 bridgehead atoms. The molecular formula is C16H17N3O3S. The molecule has 120 valence electrons. The van der Waals surface area contributed by atoms with Crippen LogP contribution in [0.4, 0.5) is 11.5 Å². The molecule has 1 aromatic heterocycles. The van der Waals surface area contributed by atoms with Gasteiger partial charge in [0, 0.05) is 25.4 Å². The first kappa shape index (κ1) is 15.5. The molecule has 0 unspecified atom stereocenters. The van der Waals surface area contributed by atoms with Gasteiger partial charge in [-0.1, -0.05) is 6.07 Å². The van der Waals surface area contributed by atoms with Crippen LogP contribution in [0, 0.1) is 0 Å². The van der Waals surface area contributed by atoms with Gasteiger partial charge in [-0.25, -0.2) is 13.4 Å². The van der Waals surface area contributed by atoms with Crippen LogP contribution in [0.15, 0.2) is 47.5 Å². The Labute approximate surface area is 135 Å². The Bertz CT molecular complexity index is 835. The van der Waals surface area contributed by atoms with Gasteiger partial charge in [-0.15, -0.1) is 0 Å². The fraction of sp³-hybridized carbons (Fsp3) is 0.250. The van der Waals surface area contributed by atoms with Crippen LogP contribution in [0.5, 0.6) is 0 Å². The number of aromatic nitrogens is 1. The Kier molecular flexibility index (Phi) is 4.04. The van der Waals surface area contributed by atoms with E-state index in [4.69, 9.17) is 0 Å². The highest BCUT2D eigenvalue weighted by molar-refractivity contribution is 7.92. The Balaban J connectivity index is 1.98. The van der Waals surface area contributed by atoms with Gasteiger partial charge in [0.05, 0.1) is 4.90 Å². The van der Waals surface area contributed by atoms with E-state index in [1.54, 1.807) is 36.5 Å². The second-order valence-corrected chi connectivity index (χ2v) is 7.35. The summed E-state index contributed by atoms with van der Waals surface area (Å²) in [5.41, 5.74) is 1.53. The largest absolute Gasteiger partial charge is 0.326 e. The van der Waals surface area contributed by atoms with Crippen LogP contribution in [0.1, 0.15) is 18.4 Å². The normalized spacial score (nSPS) is 14.6. The lowest BCUT2D eigenvalue weighted by Gasteiger charge is -2.19. The number of hydrogen-bond acceptors (Lipinski definition) is 4. The van der Waals surface area contributed by atoms with Gasteiger partial charge in [0.1, 0.15) is 5.82 Å². The zero-order valence-electron chi connectivity index (χ0n) is 12.7. The van der Waals surface area contributed by atoms with E-state index >= 15 is 0 Å². The lowest BCUT2D eigenvalue weighted by molar-refractivity contribution is -0.116. The molecule has 0 saturated heterocycles. The zero-order valence-corrected chi connectivity index (χ0v) is 13.5. The number of carbonyl (C=O) groups excluding carboxylic acids is 1. The second kappa shape index (κ2) is 6.00. The molecule has 2 heterocycles. The number of fused-ring (bicyclic) bond motifs is 1. The Hall–Kier alpha value is -2.41. The molecule has 1 amide bonds. The summed E-state index contributed by atoms with van der Waals surface area (Å²) >= 11 is 0. The highest BCUT2D eigenvalue weighted by atomic mass is 32.2. The third-order valence-electron chi connectivity index (χ3n) is 3.83. The quantitative estimate of drug-likeness (QED) is 0.935. The Morgan fingerprint density at radius 2 is 2.00 bits per heavy atom. The van der Waals surface area contributed by atoms with Crippen LogP contribution in [0.25, 0.3) is 0 Å². The van der Waals surface area contributed by atoms with Crippen molar-refractivity contribution >= 4 is 27.4 Å². The molecule has 0 atom stereocenters. The molecule has 0 fully saturated rings. The molecule has 2 aromatic rings. The van der Waals surface area contributed by atoms with Gasteiger partial charge in [0.2, 0.25) is 5.91 Å². The lowest BCUT2D eigenvalue weighted by atomic mass is 10.1. The summed E-state index contributed by atoms with van der Waals surface area (Å²) in [5, 5.41) is 2.80. The number of pyridine rings is 1. The minimum Gasteiger partial charge on any atom is -0.326 e. The summed E-state index contributed by atoms with van der Waals surface area (Å²) in [5.74, 6) is 0.320. The molecule has 0 saturated carbocycles. The fourth-order valence-electron chi connectivity index (χ4n) is 2.53. The van der Waals surface area contributed by atoms with Gasteiger partial charge >= 0.3 is 0 Å². The molecule has 0 spiro atoms. The average molecular weight is 331 g/mol. The van der Waals surface area contributed by atoms with Crippen molar-refractivity contribution in [2.24, 2.45) is 0 Å². The van der Waals surface area contributed by atoms with Gasteiger partial charge in [0.25, 0.3) is 10.0 Å². The predicted molar refractivity (Wildman–Crippen MR) is 87.8 cm³/mol. The third kappa shape index (κ3) is 3.05. The van der Waals surface area contributed by atoms with E-state index in [2.05, 4.69) is 10.3 Å². The SMILES string of the molecule is CN(c1ccccn1)S(=O)(=O)c1ccc2c(c1)CCCC(=O)N2. The molecule has 1 aliphatic heterocycles. The molecule has 6 nitrogen and oxygen atoms in total. The van der Waals surface area contributed by atoms with Gasteiger partial charge in [0.15, 0.2) is 0 Å². The molecule has 23 heavy (non-hydrogen) atoms. The number of hydrogen-bond donors (Lipinski definition) is 1. The fourth-order valence-corrected chi connectivity index (χ4v) is 3.73. The maximum absolute atomic E-state index is 12.8. The maximum Gasteiger partial charge on any atom is 0.265 e. The number of nitrogens with one attached hydrogen (secondary N) is 1. The van der Waals surface area contributed by atoms with Crippen molar-refractivity contribution in [3.05, 3.63) is 48.2 Å². The molecule has 0 aliphatic carbocycles. The first-order valence-corrected chi connectivity index (χ1v) is 8.75. The van der Waals surface area contributed by atoms with Crippen LogP contribution >= 0.6 is 0 Å². The number of amides is 1. The number of anilines is 2.